The Morgan fingerprint density at radius 3 is 2.30 bits per heavy atom. The summed E-state index contributed by atoms with van der Waals surface area (Å²) >= 11 is 0. The fraction of sp³-hybridized carbons (Fsp3) is 0.478. The van der Waals surface area contributed by atoms with Gasteiger partial charge >= 0.3 is 0 Å². The van der Waals surface area contributed by atoms with Crippen LogP contribution in [-0.4, -0.2) is 16.4 Å². The van der Waals surface area contributed by atoms with Crippen molar-refractivity contribution in [2.24, 2.45) is 0 Å². The quantitative estimate of drug-likeness (QED) is 0.637. The second-order valence-electron chi connectivity index (χ2n) is 7.24. The zero-order valence-corrected chi connectivity index (χ0v) is 17.9. The predicted octanol–water partition coefficient (Wildman–Crippen LogP) is 5.43. The van der Waals surface area contributed by atoms with Crippen molar-refractivity contribution < 1.29 is 4.74 Å². The third kappa shape index (κ3) is 6.79. The molecule has 0 atom stereocenters. The number of rotatable bonds is 6. The molecule has 1 aromatic carbocycles. The van der Waals surface area contributed by atoms with Crippen LogP contribution in [0.2, 0.25) is 0 Å². The maximum atomic E-state index is 12.5. The van der Waals surface area contributed by atoms with Gasteiger partial charge in [-0.3, -0.25) is 4.79 Å². The Hall–Kier alpha value is -2.20. The maximum Gasteiger partial charge on any atom is 0.270 e. The van der Waals surface area contributed by atoms with Crippen molar-refractivity contribution in [3.05, 3.63) is 63.1 Å². The lowest BCUT2D eigenvalue weighted by Gasteiger charge is -2.21. The van der Waals surface area contributed by atoms with E-state index in [-0.39, 0.29) is 11.1 Å². The van der Waals surface area contributed by atoms with Gasteiger partial charge in [0, 0.05) is 17.7 Å². The van der Waals surface area contributed by atoms with Crippen LogP contribution in [0.25, 0.3) is 12.2 Å². The van der Waals surface area contributed by atoms with Crippen LogP contribution in [0, 0.1) is 6.92 Å². The van der Waals surface area contributed by atoms with Crippen LogP contribution in [-0.2, 0) is 16.9 Å². The van der Waals surface area contributed by atoms with Gasteiger partial charge in [-0.05, 0) is 45.2 Å². The number of hydrogen-bond donors (Lipinski definition) is 0. The second-order valence-corrected chi connectivity index (χ2v) is 7.24. The molecule has 4 heteroatoms. The van der Waals surface area contributed by atoms with E-state index >= 15 is 0 Å². The van der Waals surface area contributed by atoms with Gasteiger partial charge in [0.2, 0.25) is 0 Å². The van der Waals surface area contributed by atoms with E-state index in [1.54, 1.807) is 6.20 Å². The van der Waals surface area contributed by atoms with Gasteiger partial charge in [0.1, 0.15) is 0 Å². The lowest BCUT2D eigenvalue weighted by Crippen LogP contribution is -2.37. The predicted molar refractivity (Wildman–Crippen MR) is 115 cm³/mol. The van der Waals surface area contributed by atoms with Crippen LogP contribution >= 0.6 is 0 Å². The van der Waals surface area contributed by atoms with Crippen molar-refractivity contribution in [2.75, 3.05) is 6.61 Å². The Labute approximate surface area is 163 Å². The molecule has 0 unspecified atom stereocenters. The summed E-state index contributed by atoms with van der Waals surface area (Å²) in [6, 6.07) is 8.25. The van der Waals surface area contributed by atoms with Crippen LogP contribution in [0.5, 0.6) is 0 Å². The Morgan fingerprint density at radius 1 is 1.11 bits per heavy atom. The van der Waals surface area contributed by atoms with E-state index < -0.39 is 0 Å². The van der Waals surface area contributed by atoms with Gasteiger partial charge in [-0.2, -0.15) is 5.10 Å². The van der Waals surface area contributed by atoms with E-state index in [0.717, 1.165) is 29.7 Å². The zero-order chi connectivity index (χ0) is 20.4. The van der Waals surface area contributed by atoms with Crippen LogP contribution in [0.15, 0.2) is 35.3 Å². The summed E-state index contributed by atoms with van der Waals surface area (Å²) in [5, 5.41) is 4.31. The molecule has 0 N–H and O–H groups in total. The molecule has 0 saturated carbocycles. The molecular formula is C23H34N2O2. The van der Waals surface area contributed by atoms with Crippen molar-refractivity contribution >= 4 is 12.2 Å². The summed E-state index contributed by atoms with van der Waals surface area (Å²) in [5.74, 6) is 0. The van der Waals surface area contributed by atoms with Crippen LogP contribution in [0.3, 0.4) is 0 Å². The fourth-order valence-electron chi connectivity index (χ4n) is 2.44. The molecule has 0 fully saturated rings. The highest BCUT2D eigenvalue weighted by atomic mass is 16.5. The SMILES string of the molecule is CC.CCCOCc1ccc(/C=C/c2cnn(C(C)(C)C)c(=O)c2C)cc1. The number of benzene rings is 1. The molecule has 4 nitrogen and oxygen atoms in total. The summed E-state index contributed by atoms with van der Waals surface area (Å²) in [5.41, 5.74) is 3.44. The molecule has 0 amide bonds. The molecule has 0 aliphatic rings. The summed E-state index contributed by atoms with van der Waals surface area (Å²) in [4.78, 5) is 12.5. The minimum Gasteiger partial charge on any atom is -0.377 e. The average Bonchev–Trinajstić information content (AvgIpc) is 2.65. The van der Waals surface area contributed by atoms with E-state index in [1.165, 1.54) is 4.68 Å². The van der Waals surface area contributed by atoms with E-state index in [9.17, 15) is 4.79 Å². The summed E-state index contributed by atoms with van der Waals surface area (Å²) in [6.45, 7) is 15.3. The smallest absolute Gasteiger partial charge is 0.270 e. The van der Waals surface area contributed by atoms with Crippen molar-refractivity contribution in [2.45, 2.75) is 67.0 Å². The van der Waals surface area contributed by atoms with E-state index in [2.05, 4.69) is 36.3 Å². The fourth-order valence-corrected chi connectivity index (χ4v) is 2.44. The number of nitrogens with zero attached hydrogens (tertiary/aromatic N) is 2. The molecule has 0 saturated heterocycles. The van der Waals surface area contributed by atoms with Crippen molar-refractivity contribution in [3.8, 4) is 0 Å². The lowest BCUT2D eigenvalue weighted by molar-refractivity contribution is 0.121. The number of aromatic nitrogens is 2. The van der Waals surface area contributed by atoms with Gasteiger partial charge in [0.15, 0.2) is 0 Å². The number of ether oxygens (including phenoxy) is 1. The Balaban J connectivity index is 0.00000176. The first-order valence-electron chi connectivity index (χ1n) is 9.77. The first kappa shape index (κ1) is 22.8. The summed E-state index contributed by atoms with van der Waals surface area (Å²) in [6.07, 6.45) is 6.73. The highest BCUT2D eigenvalue weighted by Crippen LogP contribution is 2.14. The van der Waals surface area contributed by atoms with Gasteiger partial charge < -0.3 is 4.74 Å². The van der Waals surface area contributed by atoms with Gasteiger partial charge in [0.05, 0.1) is 18.3 Å². The van der Waals surface area contributed by atoms with Gasteiger partial charge in [-0.15, -0.1) is 0 Å². The third-order valence-corrected chi connectivity index (χ3v) is 3.95. The normalized spacial score (nSPS) is 11.4. The van der Waals surface area contributed by atoms with Crippen LogP contribution in [0.4, 0.5) is 0 Å². The highest BCUT2D eigenvalue weighted by molar-refractivity contribution is 5.70. The minimum absolute atomic E-state index is 0.0435. The molecular weight excluding hydrogens is 336 g/mol. The summed E-state index contributed by atoms with van der Waals surface area (Å²) in [7, 11) is 0. The molecule has 2 aromatic rings. The summed E-state index contributed by atoms with van der Waals surface area (Å²) < 4.78 is 7.07. The Morgan fingerprint density at radius 2 is 1.74 bits per heavy atom. The average molecular weight is 371 g/mol. The molecule has 27 heavy (non-hydrogen) atoms. The molecule has 2 rings (SSSR count). The van der Waals surface area contributed by atoms with Gasteiger partial charge in [0.25, 0.3) is 5.56 Å². The Kier molecular flexibility index (Phi) is 9.16. The zero-order valence-electron chi connectivity index (χ0n) is 17.9. The largest absolute Gasteiger partial charge is 0.377 e. The van der Waals surface area contributed by atoms with Gasteiger partial charge in [-0.25, -0.2) is 4.68 Å². The van der Waals surface area contributed by atoms with E-state index in [0.29, 0.717) is 12.2 Å². The number of hydrogen-bond acceptors (Lipinski definition) is 3. The topological polar surface area (TPSA) is 44.1 Å². The standard InChI is InChI=1S/C21H28N2O2.C2H6/c1-6-13-25-15-18-9-7-17(8-10-18)11-12-19-14-22-23(21(3,4)5)20(24)16(19)2;1-2/h7-12,14H,6,13,15H2,1-5H3;1-2H3/b12-11+;. The van der Waals surface area contributed by atoms with Crippen molar-refractivity contribution in [1.29, 1.82) is 0 Å². The lowest BCUT2D eigenvalue weighted by atomic mass is 10.1. The Bertz CT molecular complexity index is 782. The van der Waals surface area contributed by atoms with Crippen molar-refractivity contribution in [1.82, 2.24) is 9.78 Å². The molecule has 0 spiro atoms. The molecule has 0 radical (unpaired) electrons. The molecule has 0 aliphatic carbocycles. The molecule has 148 valence electrons. The molecule has 0 bridgehead atoms. The third-order valence-electron chi connectivity index (χ3n) is 3.95. The first-order valence-corrected chi connectivity index (χ1v) is 9.77. The second kappa shape index (κ2) is 10.8. The first-order chi connectivity index (χ1) is 12.8. The molecule has 1 aromatic heterocycles. The van der Waals surface area contributed by atoms with Gasteiger partial charge in [-0.1, -0.05) is 57.2 Å². The minimum atomic E-state index is -0.320. The monoisotopic (exact) mass is 370 g/mol. The van der Waals surface area contributed by atoms with Crippen LogP contribution < -0.4 is 5.56 Å². The van der Waals surface area contributed by atoms with E-state index in [4.69, 9.17) is 4.74 Å². The molecule has 1 heterocycles. The van der Waals surface area contributed by atoms with Crippen LogP contribution in [0.1, 0.15) is 70.2 Å². The highest BCUT2D eigenvalue weighted by Gasteiger charge is 2.17. The molecule has 0 aliphatic heterocycles. The van der Waals surface area contributed by atoms with Crippen molar-refractivity contribution in [3.63, 3.8) is 0 Å². The van der Waals surface area contributed by atoms with E-state index in [1.807, 2.05) is 53.7 Å². The maximum absolute atomic E-state index is 12.5.